The summed E-state index contributed by atoms with van der Waals surface area (Å²) < 4.78 is 7.20. The fraction of sp³-hybridized carbons (Fsp3) is 0.400. The summed E-state index contributed by atoms with van der Waals surface area (Å²) >= 11 is 5.93. The van der Waals surface area contributed by atoms with Crippen molar-refractivity contribution in [3.05, 3.63) is 74.6 Å². The van der Waals surface area contributed by atoms with E-state index in [4.69, 9.17) is 21.1 Å². The maximum atomic E-state index is 13.5. The molecular formula is C25H25ClN6O2. The molecule has 3 heterocycles. The molecule has 174 valence electrons. The molecule has 0 spiro atoms. The van der Waals surface area contributed by atoms with E-state index in [1.54, 1.807) is 16.8 Å². The number of aryl methyl sites for hydroxylation is 2. The van der Waals surface area contributed by atoms with Gasteiger partial charge in [0.2, 0.25) is 5.89 Å². The van der Waals surface area contributed by atoms with Gasteiger partial charge in [-0.2, -0.15) is 4.98 Å². The first-order valence-electron chi connectivity index (χ1n) is 11.4. The van der Waals surface area contributed by atoms with Gasteiger partial charge in [-0.05, 0) is 63.8 Å². The van der Waals surface area contributed by atoms with Crippen molar-refractivity contribution in [2.24, 2.45) is 7.05 Å². The van der Waals surface area contributed by atoms with E-state index in [-0.39, 0.29) is 22.4 Å². The molecule has 4 aromatic rings. The topological polar surface area (TPSA) is 98.7 Å². The number of hydrogen-bond acceptors (Lipinski definition) is 7. The molecule has 8 nitrogen and oxygen atoms in total. The first-order valence-corrected chi connectivity index (χ1v) is 11.8. The summed E-state index contributed by atoms with van der Waals surface area (Å²) in [5, 5.41) is 8.51. The largest absolute Gasteiger partial charge is 0.377 e. The van der Waals surface area contributed by atoms with Crippen LogP contribution in [0.2, 0.25) is 5.15 Å². The summed E-state index contributed by atoms with van der Waals surface area (Å²) in [4.78, 5) is 27.2. The van der Waals surface area contributed by atoms with E-state index in [9.17, 15) is 4.79 Å². The van der Waals surface area contributed by atoms with Crippen molar-refractivity contribution in [2.75, 3.05) is 5.32 Å². The number of benzene rings is 1. The number of hydrogen-bond donors (Lipinski definition) is 1. The summed E-state index contributed by atoms with van der Waals surface area (Å²) in [6.45, 7) is 5.90. The Morgan fingerprint density at radius 1 is 1.15 bits per heavy atom. The van der Waals surface area contributed by atoms with Crippen LogP contribution in [-0.4, -0.2) is 24.7 Å². The molecule has 0 saturated heterocycles. The SMILES string of the molecule is Cc1cc([C@@H](C)Nc2ccc(Cl)nc2)c2nc(C34CC(c5nc(C)no5)(C3)C4)n(C)c(=O)c2c1. The first-order chi connectivity index (χ1) is 16.2. The zero-order valence-electron chi connectivity index (χ0n) is 19.5. The molecule has 0 radical (unpaired) electrons. The Labute approximate surface area is 201 Å². The average molecular weight is 477 g/mol. The number of fused-ring (bicyclic) bond motifs is 1. The van der Waals surface area contributed by atoms with E-state index in [1.165, 1.54) is 0 Å². The number of halogens is 1. The fourth-order valence-corrected chi connectivity index (χ4v) is 6.02. The zero-order chi connectivity index (χ0) is 23.8. The summed E-state index contributed by atoms with van der Waals surface area (Å²) in [5.74, 6) is 2.21. The maximum absolute atomic E-state index is 13.5. The third kappa shape index (κ3) is 3.01. The van der Waals surface area contributed by atoms with Gasteiger partial charge in [0.25, 0.3) is 5.56 Å². The van der Waals surface area contributed by atoms with Gasteiger partial charge in [-0.3, -0.25) is 9.36 Å². The highest BCUT2D eigenvalue weighted by molar-refractivity contribution is 6.29. The fourth-order valence-electron chi connectivity index (χ4n) is 5.91. The molecular weight excluding hydrogens is 452 g/mol. The Morgan fingerprint density at radius 2 is 1.91 bits per heavy atom. The average Bonchev–Trinajstić information content (AvgIpc) is 3.17. The van der Waals surface area contributed by atoms with E-state index < -0.39 is 0 Å². The van der Waals surface area contributed by atoms with Crippen molar-refractivity contribution in [1.82, 2.24) is 24.7 Å². The lowest BCUT2D eigenvalue weighted by molar-refractivity contribution is -0.0966. The number of anilines is 1. The molecule has 3 aromatic heterocycles. The standard InChI is InChI=1S/C25H25ClN6O2/c1-13-7-17(14(2)28-16-5-6-19(26)27-9-16)20-18(8-13)21(33)32(4)22(30-20)24-10-25(11-24,12-24)23-29-15(3)31-34-23/h5-9,14,28H,10-12H2,1-4H3/t14-,24?,25?/m1/s1. The molecule has 0 unspecified atom stereocenters. The predicted molar refractivity (Wildman–Crippen MR) is 129 cm³/mol. The number of pyridine rings is 1. The molecule has 1 N–H and O–H groups in total. The smallest absolute Gasteiger partial charge is 0.261 e. The maximum Gasteiger partial charge on any atom is 0.261 e. The number of nitrogens with one attached hydrogen (secondary N) is 1. The van der Waals surface area contributed by atoms with Crippen molar-refractivity contribution >= 4 is 28.2 Å². The molecule has 3 aliphatic rings. The third-order valence-corrected chi connectivity index (χ3v) is 7.64. The van der Waals surface area contributed by atoms with Crippen LogP contribution in [0.5, 0.6) is 0 Å². The number of rotatable bonds is 5. The lowest BCUT2D eigenvalue weighted by Crippen LogP contribution is -2.68. The minimum Gasteiger partial charge on any atom is -0.377 e. The van der Waals surface area contributed by atoms with Crippen molar-refractivity contribution in [2.45, 2.75) is 56.9 Å². The summed E-state index contributed by atoms with van der Waals surface area (Å²) in [7, 11) is 1.83. The Kier molecular flexibility index (Phi) is 4.46. The van der Waals surface area contributed by atoms with Gasteiger partial charge in [0.15, 0.2) is 5.82 Å². The van der Waals surface area contributed by atoms with Crippen LogP contribution in [0, 0.1) is 13.8 Å². The first kappa shape index (κ1) is 21.3. The zero-order valence-corrected chi connectivity index (χ0v) is 20.3. The van der Waals surface area contributed by atoms with Gasteiger partial charge in [-0.25, -0.2) is 9.97 Å². The number of nitrogens with zero attached hydrogens (tertiary/aromatic N) is 5. The summed E-state index contributed by atoms with van der Waals surface area (Å²) in [5.41, 5.74) is 3.40. The van der Waals surface area contributed by atoms with Crippen molar-refractivity contribution in [1.29, 1.82) is 0 Å². The second-order valence-electron chi connectivity index (χ2n) is 10.0. The third-order valence-electron chi connectivity index (χ3n) is 7.42. The van der Waals surface area contributed by atoms with Crippen LogP contribution in [0.25, 0.3) is 10.9 Å². The Morgan fingerprint density at radius 3 is 2.56 bits per heavy atom. The van der Waals surface area contributed by atoms with Gasteiger partial charge in [0, 0.05) is 18.0 Å². The van der Waals surface area contributed by atoms with E-state index in [1.807, 2.05) is 33.0 Å². The van der Waals surface area contributed by atoms with E-state index in [0.717, 1.165) is 47.4 Å². The highest BCUT2D eigenvalue weighted by Gasteiger charge is 2.73. The number of aromatic nitrogens is 5. The molecule has 2 bridgehead atoms. The van der Waals surface area contributed by atoms with Crippen LogP contribution in [-0.2, 0) is 17.9 Å². The molecule has 1 atom stereocenters. The Balaban J connectivity index is 1.40. The Hall–Kier alpha value is -3.26. The molecule has 3 aliphatic carbocycles. The van der Waals surface area contributed by atoms with Gasteiger partial charge in [0.1, 0.15) is 11.0 Å². The molecule has 1 aromatic carbocycles. The van der Waals surface area contributed by atoms with Crippen molar-refractivity contribution < 1.29 is 4.52 Å². The lowest BCUT2D eigenvalue weighted by Gasteiger charge is -2.68. The van der Waals surface area contributed by atoms with Gasteiger partial charge in [-0.15, -0.1) is 0 Å². The Bertz CT molecular complexity index is 1490. The molecule has 7 rings (SSSR count). The summed E-state index contributed by atoms with van der Waals surface area (Å²) in [6.07, 6.45) is 4.33. The molecule has 0 amide bonds. The predicted octanol–water partition coefficient (Wildman–Crippen LogP) is 4.53. The quantitative estimate of drug-likeness (QED) is 0.422. The van der Waals surface area contributed by atoms with Gasteiger partial charge in [0.05, 0.1) is 34.2 Å². The highest BCUT2D eigenvalue weighted by Crippen LogP contribution is 2.73. The van der Waals surface area contributed by atoms with E-state index in [2.05, 4.69) is 33.4 Å². The minimum absolute atomic E-state index is 0.0160. The molecule has 3 fully saturated rings. The van der Waals surface area contributed by atoms with Crippen molar-refractivity contribution in [3.8, 4) is 0 Å². The van der Waals surface area contributed by atoms with Crippen LogP contribution >= 0.6 is 11.6 Å². The van der Waals surface area contributed by atoms with E-state index in [0.29, 0.717) is 22.3 Å². The van der Waals surface area contributed by atoms with Crippen LogP contribution in [0.3, 0.4) is 0 Å². The monoisotopic (exact) mass is 476 g/mol. The summed E-state index contributed by atoms with van der Waals surface area (Å²) in [6, 6.07) is 7.59. The van der Waals surface area contributed by atoms with Crippen LogP contribution < -0.4 is 10.9 Å². The minimum atomic E-state index is -0.122. The van der Waals surface area contributed by atoms with Crippen molar-refractivity contribution in [3.63, 3.8) is 0 Å². The van der Waals surface area contributed by atoms with E-state index >= 15 is 0 Å². The van der Waals surface area contributed by atoms with Gasteiger partial charge >= 0.3 is 0 Å². The van der Waals surface area contributed by atoms with Gasteiger partial charge < -0.3 is 9.84 Å². The molecule has 3 saturated carbocycles. The molecule has 0 aliphatic heterocycles. The van der Waals surface area contributed by atoms with Gasteiger partial charge in [-0.1, -0.05) is 22.8 Å². The second kappa shape index (κ2) is 7.12. The highest BCUT2D eigenvalue weighted by atomic mass is 35.5. The van der Waals surface area contributed by atoms with Crippen LogP contribution in [0.15, 0.2) is 39.8 Å². The second-order valence-corrected chi connectivity index (χ2v) is 10.4. The lowest BCUT2D eigenvalue weighted by atomic mass is 9.34. The molecule has 34 heavy (non-hydrogen) atoms. The van der Waals surface area contributed by atoms with Crippen LogP contribution in [0.4, 0.5) is 5.69 Å². The normalized spacial score (nSPS) is 23.9. The van der Waals surface area contributed by atoms with Crippen LogP contribution in [0.1, 0.15) is 60.9 Å². The molecule has 9 heteroatoms.